The zero-order chi connectivity index (χ0) is 13.1. The number of rotatable bonds is 4. The SMILES string of the molecule is Cc1c(-c2cccc(Br)c2)cnn1CCC(=O)O. The Kier molecular flexibility index (Phi) is 3.81. The molecule has 1 N–H and O–H groups in total. The third-order valence-corrected chi connectivity index (χ3v) is 3.27. The zero-order valence-corrected chi connectivity index (χ0v) is 11.5. The van der Waals surface area contributed by atoms with Gasteiger partial charge in [0.15, 0.2) is 0 Å². The topological polar surface area (TPSA) is 55.1 Å². The molecule has 0 saturated carbocycles. The van der Waals surface area contributed by atoms with Crippen molar-refractivity contribution in [1.82, 2.24) is 9.78 Å². The number of hydrogen-bond donors (Lipinski definition) is 1. The van der Waals surface area contributed by atoms with Gasteiger partial charge in [-0.15, -0.1) is 0 Å². The number of halogens is 1. The molecule has 0 atom stereocenters. The average molecular weight is 309 g/mol. The van der Waals surface area contributed by atoms with Gasteiger partial charge in [0.05, 0.1) is 19.2 Å². The van der Waals surface area contributed by atoms with E-state index in [1.54, 1.807) is 10.9 Å². The first-order valence-corrected chi connectivity index (χ1v) is 6.37. The maximum Gasteiger partial charge on any atom is 0.305 e. The van der Waals surface area contributed by atoms with Crippen molar-refractivity contribution in [1.29, 1.82) is 0 Å². The zero-order valence-electron chi connectivity index (χ0n) is 9.93. The van der Waals surface area contributed by atoms with Crippen LogP contribution < -0.4 is 0 Å². The predicted molar refractivity (Wildman–Crippen MR) is 72.4 cm³/mol. The van der Waals surface area contributed by atoms with Crippen LogP contribution in [-0.4, -0.2) is 20.9 Å². The van der Waals surface area contributed by atoms with E-state index in [9.17, 15) is 4.79 Å². The average Bonchev–Trinajstić information content (AvgIpc) is 2.68. The van der Waals surface area contributed by atoms with Crippen molar-refractivity contribution in [2.75, 3.05) is 0 Å². The second-order valence-corrected chi connectivity index (χ2v) is 4.94. The number of nitrogens with zero attached hydrogens (tertiary/aromatic N) is 2. The van der Waals surface area contributed by atoms with E-state index in [0.717, 1.165) is 21.3 Å². The lowest BCUT2D eigenvalue weighted by molar-refractivity contribution is -0.137. The molecule has 0 saturated heterocycles. The van der Waals surface area contributed by atoms with Gasteiger partial charge >= 0.3 is 5.97 Å². The fourth-order valence-corrected chi connectivity index (χ4v) is 2.21. The first-order chi connectivity index (χ1) is 8.58. The standard InChI is InChI=1S/C13H13BrN2O2/c1-9-12(10-3-2-4-11(14)7-10)8-15-16(9)6-5-13(17)18/h2-4,7-8H,5-6H2,1H3,(H,17,18). The highest BCUT2D eigenvalue weighted by atomic mass is 79.9. The van der Waals surface area contributed by atoms with Gasteiger partial charge in [0, 0.05) is 15.7 Å². The third-order valence-electron chi connectivity index (χ3n) is 2.78. The maximum absolute atomic E-state index is 10.6. The summed E-state index contributed by atoms with van der Waals surface area (Å²) < 4.78 is 2.74. The Balaban J connectivity index is 2.28. The van der Waals surface area contributed by atoms with Crippen molar-refractivity contribution in [2.24, 2.45) is 0 Å². The number of carboxylic acids is 1. The van der Waals surface area contributed by atoms with Crippen LogP contribution in [0, 0.1) is 6.92 Å². The molecule has 0 aliphatic carbocycles. The molecule has 1 heterocycles. The van der Waals surface area contributed by atoms with E-state index in [1.807, 2.05) is 31.2 Å². The van der Waals surface area contributed by atoms with Gasteiger partial charge in [-0.05, 0) is 24.6 Å². The molecular weight excluding hydrogens is 296 g/mol. The van der Waals surface area contributed by atoms with Gasteiger partial charge < -0.3 is 5.11 Å². The second-order valence-electron chi connectivity index (χ2n) is 4.02. The molecule has 0 aliphatic rings. The van der Waals surface area contributed by atoms with Crippen LogP contribution in [0.5, 0.6) is 0 Å². The van der Waals surface area contributed by atoms with Crippen molar-refractivity contribution in [3.05, 3.63) is 40.6 Å². The number of carboxylic acid groups (broad SMARTS) is 1. The quantitative estimate of drug-likeness (QED) is 0.944. The van der Waals surface area contributed by atoms with Crippen LogP contribution in [0.1, 0.15) is 12.1 Å². The molecule has 0 spiro atoms. The Morgan fingerprint density at radius 2 is 2.28 bits per heavy atom. The van der Waals surface area contributed by atoms with Gasteiger partial charge in [0.1, 0.15) is 0 Å². The van der Waals surface area contributed by atoms with Crippen LogP contribution in [0.4, 0.5) is 0 Å². The molecular formula is C13H13BrN2O2. The Hall–Kier alpha value is -1.62. The maximum atomic E-state index is 10.6. The fraction of sp³-hybridized carbons (Fsp3) is 0.231. The summed E-state index contributed by atoms with van der Waals surface area (Å²) >= 11 is 3.44. The van der Waals surface area contributed by atoms with Gasteiger partial charge in [-0.1, -0.05) is 28.1 Å². The smallest absolute Gasteiger partial charge is 0.305 e. The number of aliphatic carboxylic acids is 1. The van der Waals surface area contributed by atoms with E-state index in [4.69, 9.17) is 5.11 Å². The monoisotopic (exact) mass is 308 g/mol. The van der Waals surface area contributed by atoms with Gasteiger partial charge in [0.25, 0.3) is 0 Å². The molecule has 0 amide bonds. The van der Waals surface area contributed by atoms with E-state index >= 15 is 0 Å². The summed E-state index contributed by atoms with van der Waals surface area (Å²) in [4.78, 5) is 10.6. The van der Waals surface area contributed by atoms with Gasteiger partial charge in [0.2, 0.25) is 0 Å². The Bertz CT molecular complexity index is 578. The molecule has 1 aromatic heterocycles. The minimum absolute atomic E-state index is 0.0838. The molecule has 0 unspecified atom stereocenters. The third kappa shape index (κ3) is 2.79. The molecule has 0 bridgehead atoms. The van der Waals surface area contributed by atoms with Crippen molar-refractivity contribution in [3.63, 3.8) is 0 Å². The molecule has 0 aliphatic heterocycles. The molecule has 2 aromatic rings. The first-order valence-electron chi connectivity index (χ1n) is 5.58. The number of aryl methyl sites for hydroxylation is 1. The molecule has 1 aromatic carbocycles. The summed E-state index contributed by atoms with van der Waals surface area (Å²) in [5.74, 6) is -0.811. The van der Waals surface area contributed by atoms with E-state index in [1.165, 1.54) is 0 Å². The number of hydrogen-bond acceptors (Lipinski definition) is 2. The molecule has 0 fully saturated rings. The number of benzene rings is 1. The summed E-state index contributed by atoms with van der Waals surface area (Å²) in [6, 6.07) is 7.96. The summed E-state index contributed by atoms with van der Waals surface area (Å²) in [6.07, 6.45) is 1.86. The van der Waals surface area contributed by atoms with Crippen LogP contribution >= 0.6 is 15.9 Å². The van der Waals surface area contributed by atoms with Crippen LogP contribution in [0.2, 0.25) is 0 Å². The molecule has 94 valence electrons. The molecule has 4 nitrogen and oxygen atoms in total. The van der Waals surface area contributed by atoms with Crippen molar-refractivity contribution in [2.45, 2.75) is 19.9 Å². The summed E-state index contributed by atoms with van der Waals surface area (Å²) in [5.41, 5.74) is 3.08. The normalized spacial score (nSPS) is 10.6. The lowest BCUT2D eigenvalue weighted by atomic mass is 10.1. The highest BCUT2D eigenvalue weighted by Crippen LogP contribution is 2.25. The Morgan fingerprint density at radius 1 is 1.50 bits per heavy atom. The second kappa shape index (κ2) is 5.35. The molecule has 5 heteroatoms. The lowest BCUT2D eigenvalue weighted by Crippen LogP contribution is -2.07. The van der Waals surface area contributed by atoms with Crippen LogP contribution in [-0.2, 0) is 11.3 Å². The van der Waals surface area contributed by atoms with Gasteiger partial charge in [-0.2, -0.15) is 5.10 Å². The number of carbonyl (C=O) groups is 1. The summed E-state index contributed by atoms with van der Waals surface area (Å²) in [7, 11) is 0. The fourth-order valence-electron chi connectivity index (χ4n) is 1.81. The molecule has 2 rings (SSSR count). The molecule has 0 radical (unpaired) electrons. The van der Waals surface area contributed by atoms with Crippen LogP contribution in [0.25, 0.3) is 11.1 Å². The Morgan fingerprint density at radius 3 is 2.94 bits per heavy atom. The minimum Gasteiger partial charge on any atom is -0.481 e. The van der Waals surface area contributed by atoms with Gasteiger partial charge in [-0.25, -0.2) is 0 Å². The van der Waals surface area contributed by atoms with Crippen LogP contribution in [0.3, 0.4) is 0 Å². The predicted octanol–water partition coefficient (Wildman–Crippen LogP) is 3.10. The highest BCUT2D eigenvalue weighted by molar-refractivity contribution is 9.10. The van der Waals surface area contributed by atoms with E-state index in [-0.39, 0.29) is 6.42 Å². The number of aromatic nitrogens is 2. The van der Waals surface area contributed by atoms with E-state index < -0.39 is 5.97 Å². The summed E-state index contributed by atoms with van der Waals surface area (Å²) in [5, 5.41) is 12.9. The van der Waals surface area contributed by atoms with Crippen molar-refractivity contribution in [3.8, 4) is 11.1 Å². The highest BCUT2D eigenvalue weighted by Gasteiger charge is 2.09. The first kappa shape index (κ1) is 12.8. The minimum atomic E-state index is -0.811. The lowest BCUT2D eigenvalue weighted by Gasteiger charge is -2.04. The largest absolute Gasteiger partial charge is 0.481 e. The van der Waals surface area contributed by atoms with E-state index in [2.05, 4.69) is 21.0 Å². The molecule has 18 heavy (non-hydrogen) atoms. The van der Waals surface area contributed by atoms with Gasteiger partial charge in [-0.3, -0.25) is 9.48 Å². The van der Waals surface area contributed by atoms with Crippen molar-refractivity contribution >= 4 is 21.9 Å². The van der Waals surface area contributed by atoms with E-state index in [0.29, 0.717) is 6.54 Å². The van der Waals surface area contributed by atoms with Crippen molar-refractivity contribution < 1.29 is 9.90 Å². The Labute approximate surface area is 113 Å². The van der Waals surface area contributed by atoms with Crippen LogP contribution in [0.15, 0.2) is 34.9 Å². The summed E-state index contributed by atoms with van der Waals surface area (Å²) in [6.45, 7) is 2.35.